The van der Waals surface area contributed by atoms with Gasteiger partial charge in [0.05, 0.1) is 0 Å². The monoisotopic (exact) mass is 122 g/mol. The number of hydrogen-bond donors (Lipinski definition) is 1. The summed E-state index contributed by atoms with van der Waals surface area (Å²) in [4.78, 5) is 1.94. The van der Waals surface area contributed by atoms with E-state index in [4.69, 9.17) is 0 Å². The number of nitrogens with one attached hydrogen (secondary N) is 1. The van der Waals surface area contributed by atoms with Gasteiger partial charge in [-0.1, -0.05) is 13.2 Å². The summed E-state index contributed by atoms with van der Waals surface area (Å²) < 4.78 is 0. The third-order valence-electron chi connectivity index (χ3n) is 1.27. The topological polar surface area (TPSA) is 15.3 Å². The van der Waals surface area contributed by atoms with E-state index in [1.165, 1.54) is 0 Å². The Bertz CT molecular complexity index is 149. The van der Waals surface area contributed by atoms with E-state index in [2.05, 4.69) is 18.5 Å². The summed E-state index contributed by atoms with van der Waals surface area (Å²) in [5.41, 5.74) is 0. The summed E-state index contributed by atoms with van der Waals surface area (Å²) >= 11 is 0. The molecule has 0 aromatic heterocycles. The predicted octanol–water partition coefficient (Wildman–Crippen LogP) is 1.02. The Labute approximate surface area is 55.2 Å². The van der Waals surface area contributed by atoms with Gasteiger partial charge >= 0.3 is 0 Å². The molecule has 0 aliphatic carbocycles. The van der Waals surface area contributed by atoms with Gasteiger partial charge in [0.2, 0.25) is 0 Å². The Morgan fingerprint density at radius 1 is 1.56 bits per heavy atom. The maximum atomic E-state index is 3.65. The van der Waals surface area contributed by atoms with E-state index in [1.807, 2.05) is 23.4 Å². The van der Waals surface area contributed by atoms with E-state index in [-0.39, 0.29) is 6.17 Å². The Kier molecular flexibility index (Phi) is 1.58. The average molecular weight is 122 g/mol. The van der Waals surface area contributed by atoms with Crippen LogP contribution in [0.15, 0.2) is 37.8 Å². The van der Waals surface area contributed by atoms with E-state index in [0.717, 1.165) is 0 Å². The molecular weight excluding hydrogens is 112 g/mol. The summed E-state index contributed by atoms with van der Waals surface area (Å²) in [5.74, 6) is 0. The first-order valence-corrected chi connectivity index (χ1v) is 2.84. The largest absolute Gasteiger partial charge is 0.366 e. The summed E-state index contributed by atoms with van der Waals surface area (Å²) in [7, 11) is 0. The van der Waals surface area contributed by atoms with Gasteiger partial charge in [-0.25, -0.2) is 0 Å². The minimum Gasteiger partial charge on any atom is -0.366 e. The maximum Gasteiger partial charge on any atom is 0.121 e. The number of nitrogens with zero attached hydrogens (tertiary/aromatic N) is 1. The maximum absolute atomic E-state index is 3.65. The van der Waals surface area contributed by atoms with Crippen LogP contribution in [0.25, 0.3) is 0 Å². The SMILES string of the molecule is C=CC1NC=CN1C=C. The molecule has 0 saturated carbocycles. The van der Waals surface area contributed by atoms with Crippen molar-refractivity contribution in [1.82, 2.24) is 10.2 Å². The summed E-state index contributed by atoms with van der Waals surface area (Å²) in [6.07, 6.45) is 7.56. The predicted molar refractivity (Wildman–Crippen MR) is 38.3 cm³/mol. The van der Waals surface area contributed by atoms with E-state index < -0.39 is 0 Å². The van der Waals surface area contributed by atoms with Crippen LogP contribution in [0.4, 0.5) is 0 Å². The van der Waals surface area contributed by atoms with E-state index in [0.29, 0.717) is 0 Å². The summed E-state index contributed by atoms with van der Waals surface area (Å²) in [6.45, 7) is 7.28. The van der Waals surface area contributed by atoms with Gasteiger partial charge in [0, 0.05) is 12.4 Å². The van der Waals surface area contributed by atoms with Crippen molar-refractivity contribution in [3.63, 3.8) is 0 Å². The lowest BCUT2D eigenvalue weighted by Gasteiger charge is -2.16. The highest BCUT2D eigenvalue weighted by atomic mass is 15.3. The molecule has 0 aromatic rings. The van der Waals surface area contributed by atoms with Crippen molar-refractivity contribution in [2.24, 2.45) is 0 Å². The van der Waals surface area contributed by atoms with Crippen molar-refractivity contribution in [2.45, 2.75) is 6.17 Å². The molecule has 1 N–H and O–H groups in total. The molecule has 0 bridgehead atoms. The Balaban J connectivity index is 2.58. The van der Waals surface area contributed by atoms with Crippen LogP contribution >= 0.6 is 0 Å². The average Bonchev–Trinajstić information content (AvgIpc) is 2.33. The van der Waals surface area contributed by atoms with E-state index in [9.17, 15) is 0 Å². The zero-order valence-corrected chi connectivity index (χ0v) is 5.25. The lowest BCUT2D eigenvalue weighted by Crippen LogP contribution is -2.28. The molecule has 1 heterocycles. The Hall–Kier alpha value is -1.18. The molecule has 9 heavy (non-hydrogen) atoms. The minimum atomic E-state index is 0.197. The second kappa shape index (κ2) is 2.40. The highest BCUT2D eigenvalue weighted by Crippen LogP contribution is 2.03. The van der Waals surface area contributed by atoms with Crippen molar-refractivity contribution >= 4 is 0 Å². The van der Waals surface area contributed by atoms with Crippen LogP contribution in [0.1, 0.15) is 0 Å². The smallest absolute Gasteiger partial charge is 0.121 e. The molecule has 2 heteroatoms. The third kappa shape index (κ3) is 0.964. The zero-order chi connectivity index (χ0) is 6.69. The molecule has 2 nitrogen and oxygen atoms in total. The molecule has 1 aliphatic heterocycles. The lowest BCUT2D eigenvalue weighted by atomic mass is 10.4. The van der Waals surface area contributed by atoms with Crippen LogP contribution in [0, 0.1) is 0 Å². The van der Waals surface area contributed by atoms with Crippen molar-refractivity contribution in [3.8, 4) is 0 Å². The Morgan fingerprint density at radius 3 is 2.78 bits per heavy atom. The second-order valence-electron chi connectivity index (χ2n) is 1.79. The van der Waals surface area contributed by atoms with Gasteiger partial charge in [0.15, 0.2) is 0 Å². The molecule has 1 rings (SSSR count). The van der Waals surface area contributed by atoms with Crippen LogP contribution in [-0.2, 0) is 0 Å². The highest BCUT2D eigenvalue weighted by molar-refractivity contribution is 5.04. The third-order valence-corrected chi connectivity index (χ3v) is 1.27. The quantitative estimate of drug-likeness (QED) is 0.550. The van der Waals surface area contributed by atoms with Crippen LogP contribution in [0.5, 0.6) is 0 Å². The van der Waals surface area contributed by atoms with Gasteiger partial charge in [0.1, 0.15) is 6.17 Å². The second-order valence-corrected chi connectivity index (χ2v) is 1.79. The van der Waals surface area contributed by atoms with Crippen LogP contribution in [0.2, 0.25) is 0 Å². The lowest BCUT2D eigenvalue weighted by molar-refractivity contribution is 0.433. The first-order valence-electron chi connectivity index (χ1n) is 2.84. The molecule has 0 radical (unpaired) electrons. The minimum absolute atomic E-state index is 0.197. The van der Waals surface area contributed by atoms with Gasteiger partial charge in [0.25, 0.3) is 0 Å². The molecule has 48 valence electrons. The van der Waals surface area contributed by atoms with Gasteiger partial charge in [-0.05, 0) is 12.3 Å². The fourth-order valence-corrected chi connectivity index (χ4v) is 0.771. The van der Waals surface area contributed by atoms with Crippen molar-refractivity contribution in [3.05, 3.63) is 37.8 Å². The molecule has 0 spiro atoms. The summed E-state index contributed by atoms with van der Waals surface area (Å²) in [6, 6.07) is 0. The van der Waals surface area contributed by atoms with Crippen molar-refractivity contribution in [2.75, 3.05) is 0 Å². The fraction of sp³-hybridized carbons (Fsp3) is 0.143. The van der Waals surface area contributed by atoms with E-state index in [1.54, 1.807) is 6.20 Å². The molecule has 1 unspecified atom stereocenters. The Morgan fingerprint density at radius 2 is 2.33 bits per heavy atom. The first-order chi connectivity index (χ1) is 4.38. The number of hydrogen-bond acceptors (Lipinski definition) is 2. The standard InChI is InChI=1S/C7H10N2/c1-3-7-8-5-6-9(7)4-2/h3-8H,1-2H2. The van der Waals surface area contributed by atoms with Crippen molar-refractivity contribution < 1.29 is 0 Å². The van der Waals surface area contributed by atoms with Crippen LogP contribution in [0.3, 0.4) is 0 Å². The molecule has 0 aromatic carbocycles. The molecule has 0 saturated heterocycles. The zero-order valence-electron chi connectivity index (χ0n) is 5.25. The normalized spacial score (nSPS) is 23.6. The van der Waals surface area contributed by atoms with Crippen molar-refractivity contribution in [1.29, 1.82) is 0 Å². The van der Waals surface area contributed by atoms with Crippen LogP contribution in [-0.4, -0.2) is 11.1 Å². The molecule has 0 amide bonds. The van der Waals surface area contributed by atoms with Crippen LogP contribution < -0.4 is 5.32 Å². The first kappa shape index (κ1) is 5.95. The van der Waals surface area contributed by atoms with Gasteiger partial charge in [-0.2, -0.15) is 0 Å². The molecular formula is C7H10N2. The highest BCUT2D eigenvalue weighted by Gasteiger charge is 2.09. The fourth-order valence-electron chi connectivity index (χ4n) is 0.771. The van der Waals surface area contributed by atoms with Gasteiger partial charge in [-0.3, -0.25) is 0 Å². The molecule has 0 fully saturated rings. The number of rotatable bonds is 2. The molecule has 1 aliphatic rings. The van der Waals surface area contributed by atoms with Gasteiger partial charge in [-0.15, -0.1) is 0 Å². The van der Waals surface area contributed by atoms with Gasteiger partial charge < -0.3 is 10.2 Å². The molecule has 1 atom stereocenters. The summed E-state index contributed by atoms with van der Waals surface area (Å²) in [5, 5.41) is 3.06. The van der Waals surface area contributed by atoms with E-state index >= 15 is 0 Å².